The highest BCUT2D eigenvalue weighted by atomic mass is 32.2. The van der Waals surface area contributed by atoms with E-state index in [0.717, 1.165) is 37.6 Å². The predicted molar refractivity (Wildman–Crippen MR) is 119 cm³/mol. The highest BCUT2D eigenvalue weighted by molar-refractivity contribution is 8.05. The number of nitrogens with zero attached hydrogens (tertiary/aromatic N) is 1. The number of aryl methyl sites for hydroxylation is 1. The molecular formula is C24H30N2O2S. The van der Waals surface area contributed by atoms with Gasteiger partial charge >= 0.3 is 0 Å². The molecular weight excluding hydrogens is 380 g/mol. The standard InChI is InChI=1S/C24H30N2O2S/c1-27-20-10-8-16(13-21(20)28-2)7-9-17-14-25-15-19-18-5-3-6-22-24(18)26(23(17)19)11-4-12-29-22/h4,8,10,12-13,17,23,25H,3,5-7,9,11,14-15H2,1-2H3. The number of allylic oxidation sites excluding steroid dienone is 2. The van der Waals surface area contributed by atoms with E-state index in [4.69, 9.17) is 9.47 Å². The first kappa shape index (κ1) is 19.1. The third-order valence-electron chi connectivity index (χ3n) is 6.78. The van der Waals surface area contributed by atoms with Gasteiger partial charge in [-0.05, 0) is 72.3 Å². The van der Waals surface area contributed by atoms with Crippen LogP contribution in [0.25, 0.3) is 0 Å². The Bertz CT molecular complexity index is 889. The molecule has 5 heteroatoms. The molecule has 3 heterocycles. The number of methoxy groups -OCH3 is 2. The molecule has 0 spiro atoms. The molecule has 3 aliphatic heterocycles. The van der Waals surface area contributed by atoms with Crippen LogP contribution in [0.5, 0.6) is 11.5 Å². The molecule has 0 radical (unpaired) electrons. The molecule has 4 nitrogen and oxygen atoms in total. The number of rotatable bonds is 5. The number of hydrogen-bond acceptors (Lipinski definition) is 5. The average Bonchev–Trinajstić information content (AvgIpc) is 2.94. The molecule has 1 saturated heterocycles. The van der Waals surface area contributed by atoms with E-state index < -0.39 is 0 Å². The maximum absolute atomic E-state index is 5.50. The van der Waals surface area contributed by atoms with E-state index in [1.807, 2.05) is 17.8 Å². The van der Waals surface area contributed by atoms with Crippen molar-refractivity contribution in [1.29, 1.82) is 0 Å². The summed E-state index contributed by atoms with van der Waals surface area (Å²) in [6.07, 6.45) is 8.41. The molecule has 0 amide bonds. The second-order valence-electron chi connectivity index (χ2n) is 8.33. The van der Waals surface area contributed by atoms with Gasteiger partial charge in [0.15, 0.2) is 11.5 Å². The van der Waals surface area contributed by atoms with Crippen LogP contribution < -0.4 is 14.8 Å². The number of thioether (sulfide) groups is 1. The van der Waals surface area contributed by atoms with E-state index in [9.17, 15) is 0 Å². The van der Waals surface area contributed by atoms with Crippen molar-refractivity contribution in [3.63, 3.8) is 0 Å². The maximum Gasteiger partial charge on any atom is 0.160 e. The van der Waals surface area contributed by atoms with Gasteiger partial charge in [-0.15, -0.1) is 11.8 Å². The summed E-state index contributed by atoms with van der Waals surface area (Å²) in [5, 5.41) is 6.04. The van der Waals surface area contributed by atoms with Gasteiger partial charge in [0, 0.05) is 24.5 Å². The van der Waals surface area contributed by atoms with E-state index in [1.54, 1.807) is 36.0 Å². The Morgan fingerprint density at radius 3 is 2.93 bits per heavy atom. The second-order valence-corrected chi connectivity index (χ2v) is 9.34. The molecule has 1 N–H and O–H groups in total. The highest BCUT2D eigenvalue weighted by Gasteiger charge is 2.43. The SMILES string of the molecule is COc1ccc(CCC2CNCC3=C4CCCC5=C4N(CC=CS5)C32)cc1OC. The molecule has 1 aliphatic carbocycles. The quantitative estimate of drug-likeness (QED) is 0.773. The fourth-order valence-electron chi connectivity index (χ4n) is 5.49. The Hall–Kier alpha value is -1.85. The summed E-state index contributed by atoms with van der Waals surface area (Å²) in [6.45, 7) is 3.22. The number of fused-ring (bicyclic) bond motifs is 2. The maximum atomic E-state index is 5.50. The van der Waals surface area contributed by atoms with E-state index in [1.165, 1.54) is 31.2 Å². The highest BCUT2D eigenvalue weighted by Crippen LogP contribution is 2.49. The monoisotopic (exact) mass is 410 g/mol. The van der Waals surface area contributed by atoms with Crippen molar-refractivity contribution in [2.24, 2.45) is 5.92 Å². The summed E-state index contributed by atoms with van der Waals surface area (Å²) >= 11 is 1.96. The van der Waals surface area contributed by atoms with Gasteiger partial charge in [0.25, 0.3) is 0 Å². The van der Waals surface area contributed by atoms with Gasteiger partial charge in [0.05, 0.1) is 26.0 Å². The van der Waals surface area contributed by atoms with Crippen LogP contribution >= 0.6 is 11.8 Å². The molecule has 2 atom stereocenters. The lowest BCUT2D eigenvalue weighted by Crippen LogP contribution is -2.48. The van der Waals surface area contributed by atoms with Gasteiger partial charge in [-0.2, -0.15) is 0 Å². The molecule has 0 aromatic heterocycles. The zero-order chi connectivity index (χ0) is 19.8. The van der Waals surface area contributed by atoms with Crippen molar-refractivity contribution >= 4 is 11.8 Å². The van der Waals surface area contributed by atoms with E-state index in [-0.39, 0.29) is 0 Å². The van der Waals surface area contributed by atoms with Crippen LogP contribution in [-0.2, 0) is 6.42 Å². The molecule has 2 unspecified atom stereocenters. The fraction of sp³-hybridized carbons (Fsp3) is 0.500. The van der Waals surface area contributed by atoms with Gasteiger partial charge in [-0.3, -0.25) is 0 Å². The van der Waals surface area contributed by atoms with Crippen LogP contribution in [0.2, 0.25) is 0 Å². The summed E-state index contributed by atoms with van der Waals surface area (Å²) in [6, 6.07) is 6.91. The van der Waals surface area contributed by atoms with E-state index in [2.05, 4.69) is 33.8 Å². The number of ether oxygens (including phenoxy) is 2. The van der Waals surface area contributed by atoms with Crippen LogP contribution in [0.15, 0.2) is 51.4 Å². The largest absolute Gasteiger partial charge is 0.493 e. The average molecular weight is 411 g/mol. The van der Waals surface area contributed by atoms with Crippen molar-refractivity contribution in [2.45, 2.75) is 38.1 Å². The smallest absolute Gasteiger partial charge is 0.160 e. The number of hydrogen-bond donors (Lipinski definition) is 1. The Labute approximate surface area is 178 Å². The fourth-order valence-corrected chi connectivity index (χ4v) is 6.45. The van der Waals surface area contributed by atoms with E-state index >= 15 is 0 Å². The van der Waals surface area contributed by atoms with Crippen LogP contribution in [0.1, 0.15) is 31.2 Å². The Balaban J connectivity index is 1.39. The molecule has 154 valence electrons. The molecule has 0 bridgehead atoms. The lowest BCUT2D eigenvalue weighted by Gasteiger charge is -2.39. The Morgan fingerprint density at radius 1 is 1.17 bits per heavy atom. The predicted octanol–water partition coefficient (Wildman–Crippen LogP) is 4.49. The zero-order valence-corrected chi connectivity index (χ0v) is 18.2. The minimum Gasteiger partial charge on any atom is -0.493 e. The normalized spacial score (nSPS) is 25.7. The molecule has 29 heavy (non-hydrogen) atoms. The van der Waals surface area contributed by atoms with Gasteiger partial charge in [0.2, 0.25) is 0 Å². The molecule has 1 aromatic carbocycles. The first-order valence-electron chi connectivity index (χ1n) is 10.8. The molecule has 1 aromatic rings. The van der Waals surface area contributed by atoms with E-state index in [0.29, 0.717) is 12.0 Å². The first-order chi connectivity index (χ1) is 14.3. The molecule has 4 aliphatic rings. The Morgan fingerprint density at radius 2 is 2.07 bits per heavy atom. The zero-order valence-electron chi connectivity index (χ0n) is 17.4. The third-order valence-corrected chi connectivity index (χ3v) is 7.79. The minimum absolute atomic E-state index is 0.567. The van der Waals surface area contributed by atoms with Gasteiger partial charge in [-0.1, -0.05) is 12.1 Å². The summed E-state index contributed by atoms with van der Waals surface area (Å²) < 4.78 is 10.9. The van der Waals surface area contributed by atoms with Gasteiger partial charge < -0.3 is 19.7 Å². The van der Waals surface area contributed by atoms with Crippen molar-refractivity contribution in [3.05, 3.63) is 57.0 Å². The lowest BCUT2D eigenvalue weighted by molar-refractivity contribution is 0.215. The van der Waals surface area contributed by atoms with Gasteiger partial charge in [-0.25, -0.2) is 0 Å². The topological polar surface area (TPSA) is 33.7 Å². The lowest BCUT2D eigenvalue weighted by atomic mass is 9.83. The minimum atomic E-state index is 0.567. The van der Waals surface area contributed by atoms with Crippen LogP contribution in [0.4, 0.5) is 0 Å². The third kappa shape index (κ3) is 3.38. The number of benzene rings is 1. The summed E-state index contributed by atoms with van der Waals surface area (Å²) in [5.41, 5.74) is 6.25. The number of piperidine rings is 1. The second kappa shape index (κ2) is 8.11. The summed E-state index contributed by atoms with van der Waals surface area (Å²) in [7, 11) is 3.40. The van der Waals surface area contributed by atoms with Crippen molar-refractivity contribution in [2.75, 3.05) is 33.9 Å². The molecule has 0 saturated carbocycles. The molecule has 1 fully saturated rings. The van der Waals surface area contributed by atoms with Crippen molar-refractivity contribution < 1.29 is 9.47 Å². The molecule has 5 rings (SSSR count). The van der Waals surface area contributed by atoms with Crippen LogP contribution in [0, 0.1) is 5.92 Å². The Kier molecular flexibility index (Phi) is 5.35. The van der Waals surface area contributed by atoms with Crippen LogP contribution in [-0.4, -0.2) is 44.8 Å². The van der Waals surface area contributed by atoms with Crippen molar-refractivity contribution in [3.8, 4) is 11.5 Å². The van der Waals surface area contributed by atoms with Gasteiger partial charge in [0.1, 0.15) is 0 Å². The first-order valence-corrected chi connectivity index (χ1v) is 11.6. The van der Waals surface area contributed by atoms with Crippen LogP contribution in [0.3, 0.4) is 0 Å². The summed E-state index contributed by atoms with van der Waals surface area (Å²) in [5.74, 6) is 2.26. The summed E-state index contributed by atoms with van der Waals surface area (Å²) in [4.78, 5) is 4.33. The number of nitrogens with one attached hydrogen (secondary N) is 1. The van der Waals surface area contributed by atoms with Crippen molar-refractivity contribution in [1.82, 2.24) is 10.2 Å².